The Bertz CT molecular complexity index is 754. The number of carbonyl (C=O) groups excluding carboxylic acids is 1. The van der Waals surface area contributed by atoms with Crippen LogP contribution in [0.25, 0.3) is 10.8 Å². The van der Waals surface area contributed by atoms with Crippen molar-refractivity contribution in [1.29, 1.82) is 0 Å². The lowest BCUT2D eigenvalue weighted by Gasteiger charge is -2.17. The summed E-state index contributed by atoms with van der Waals surface area (Å²) < 4.78 is 48.5. The SMILES string of the molecule is CC(C)(C)C(=O)Oc1cc(Br)c2c(OC(F)F)c(F)ccc2c1. The second-order valence-electron chi connectivity index (χ2n) is 5.90. The molecule has 2 aromatic rings. The molecule has 0 radical (unpaired) electrons. The van der Waals surface area contributed by atoms with E-state index in [-0.39, 0.29) is 15.6 Å². The highest BCUT2D eigenvalue weighted by Gasteiger charge is 2.24. The highest BCUT2D eigenvalue weighted by molar-refractivity contribution is 9.10. The lowest BCUT2D eigenvalue weighted by atomic mass is 9.97. The van der Waals surface area contributed by atoms with E-state index < -0.39 is 29.6 Å². The molecule has 0 saturated carbocycles. The minimum absolute atomic E-state index is 0.140. The first-order chi connectivity index (χ1) is 10.6. The molecule has 0 aliphatic rings. The first kappa shape index (κ1) is 17.6. The molecule has 0 fully saturated rings. The van der Waals surface area contributed by atoms with Gasteiger partial charge in [0, 0.05) is 9.86 Å². The van der Waals surface area contributed by atoms with Gasteiger partial charge in [-0.05, 0) is 60.3 Å². The Labute approximate surface area is 139 Å². The molecule has 0 aliphatic carbocycles. The normalized spacial score (nSPS) is 11.8. The fourth-order valence-electron chi connectivity index (χ4n) is 1.85. The first-order valence-electron chi connectivity index (χ1n) is 6.68. The lowest BCUT2D eigenvalue weighted by Crippen LogP contribution is -2.25. The molecule has 0 amide bonds. The lowest BCUT2D eigenvalue weighted by molar-refractivity contribution is -0.142. The van der Waals surface area contributed by atoms with Gasteiger partial charge in [-0.2, -0.15) is 8.78 Å². The average molecular weight is 391 g/mol. The maximum atomic E-state index is 13.8. The quantitative estimate of drug-likeness (QED) is 0.527. The van der Waals surface area contributed by atoms with Gasteiger partial charge < -0.3 is 9.47 Å². The summed E-state index contributed by atoms with van der Waals surface area (Å²) in [5.41, 5.74) is -0.700. The van der Waals surface area contributed by atoms with Gasteiger partial charge in [0.1, 0.15) is 5.75 Å². The van der Waals surface area contributed by atoms with Crippen LogP contribution < -0.4 is 9.47 Å². The van der Waals surface area contributed by atoms with Crippen LogP contribution in [0.3, 0.4) is 0 Å². The molecule has 0 aliphatic heterocycles. The van der Waals surface area contributed by atoms with Crippen LogP contribution in [0.2, 0.25) is 0 Å². The number of halogens is 4. The van der Waals surface area contributed by atoms with Crippen LogP contribution in [-0.4, -0.2) is 12.6 Å². The standard InChI is InChI=1S/C16H14BrF3O3/c1-16(2,3)14(21)22-9-6-8-4-5-11(18)13(23-15(19)20)12(8)10(17)7-9/h4-7,15H,1-3H3. The summed E-state index contributed by atoms with van der Waals surface area (Å²) in [6.45, 7) is 1.96. The van der Waals surface area contributed by atoms with Gasteiger partial charge in [0.15, 0.2) is 11.6 Å². The molecule has 0 bridgehead atoms. The number of carbonyl (C=O) groups is 1. The largest absolute Gasteiger partial charge is 0.431 e. The van der Waals surface area contributed by atoms with Crippen LogP contribution in [0.1, 0.15) is 20.8 Å². The Morgan fingerprint density at radius 2 is 1.87 bits per heavy atom. The van der Waals surface area contributed by atoms with Crippen molar-refractivity contribution in [3.63, 3.8) is 0 Å². The smallest absolute Gasteiger partial charge is 0.387 e. The number of rotatable bonds is 3. The van der Waals surface area contributed by atoms with Crippen LogP contribution in [0.4, 0.5) is 13.2 Å². The van der Waals surface area contributed by atoms with Crippen LogP contribution >= 0.6 is 15.9 Å². The van der Waals surface area contributed by atoms with E-state index in [1.165, 1.54) is 18.2 Å². The summed E-state index contributed by atoms with van der Waals surface area (Å²) in [6, 6.07) is 5.27. The van der Waals surface area contributed by atoms with Crippen LogP contribution in [0.5, 0.6) is 11.5 Å². The van der Waals surface area contributed by atoms with Gasteiger partial charge in [0.2, 0.25) is 0 Å². The van der Waals surface area contributed by atoms with Gasteiger partial charge in [-0.25, -0.2) is 4.39 Å². The predicted molar refractivity (Wildman–Crippen MR) is 83.3 cm³/mol. The van der Waals surface area contributed by atoms with Crippen molar-refractivity contribution in [2.24, 2.45) is 5.41 Å². The summed E-state index contributed by atoms with van der Waals surface area (Å²) in [5, 5.41) is 0.536. The third-order valence-corrected chi connectivity index (χ3v) is 3.60. The van der Waals surface area contributed by atoms with Crippen LogP contribution in [0, 0.1) is 11.2 Å². The predicted octanol–water partition coefficient (Wildman–Crippen LogP) is 5.29. The van der Waals surface area contributed by atoms with Gasteiger partial charge in [0.05, 0.1) is 5.41 Å². The van der Waals surface area contributed by atoms with E-state index in [0.29, 0.717) is 5.39 Å². The third-order valence-electron chi connectivity index (χ3n) is 2.98. The molecular formula is C16H14BrF3O3. The zero-order chi connectivity index (χ0) is 17.4. The third kappa shape index (κ3) is 3.96. The van der Waals surface area contributed by atoms with Gasteiger partial charge >= 0.3 is 12.6 Å². The fraction of sp³-hybridized carbons (Fsp3) is 0.312. The molecule has 0 atom stereocenters. The zero-order valence-electron chi connectivity index (χ0n) is 12.6. The molecule has 7 heteroatoms. The molecule has 0 aromatic heterocycles. The Balaban J connectivity index is 2.51. The topological polar surface area (TPSA) is 35.5 Å². The molecule has 23 heavy (non-hydrogen) atoms. The Hall–Kier alpha value is -1.76. The summed E-state index contributed by atoms with van der Waals surface area (Å²) in [4.78, 5) is 11.9. The Morgan fingerprint density at radius 3 is 2.43 bits per heavy atom. The van der Waals surface area contributed by atoms with Crippen LogP contribution in [-0.2, 0) is 4.79 Å². The van der Waals surface area contributed by atoms with Crippen molar-refractivity contribution in [3.05, 3.63) is 34.6 Å². The van der Waals surface area contributed by atoms with E-state index in [1.54, 1.807) is 20.8 Å². The maximum Gasteiger partial charge on any atom is 0.387 e. The van der Waals surface area contributed by atoms with Crippen molar-refractivity contribution < 1.29 is 27.4 Å². The van der Waals surface area contributed by atoms with Gasteiger partial charge in [-0.3, -0.25) is 4.79 Å². The van der Waals surface area contributed by atoms with E-state index >= 15 is 0 Å². The average Bonchev–Trinajstić information content (AvgIpc) is 2.40. The van der Waals surface area contributed by atoms with Crippen molar-refractivity contribution in [2.75, 3.05) is 0 Å². The molecule has 0 unspecified atom stereocenters. The highest BCUT2D eigenvalue weighted by Crippen LogP contribution is 2.38. The summed E-state index contributed by atoms with van der Waals surface area (Å²) in [6.07, 6.45) is 0. The van der Waals surface area contributed by atoms with Crippen molar-refractivity contribution >= 4 is 32.7 Å². The minimum Gasteiger partial charge on any atom is -0.431 e. The second-order valence-corrected chi connectivity index (χ2v) is 6.75. The zero-order valence-corrected chi connectivity index (χ0v) is 14.2. The van der Waals surface area contributed by atoms with Gasteiger partial charge in [0.25, 0.3) is 0 Å². The molecule has 0 spiro atoms. The fourth-order valence-corrected chi connectivity index (χ4v) is 2.49. The number of fused-ring (bicyclic) bond motifs is 1. The Kier molecular flexibility index (Phi) is 4.89. The molecule has 3 nitrogen and oxygen atoms in total. The number of benzene rings is 2. The maximum absolute atomic E-state index is 13.8. The minimum atomic E-state index is -3.15. The molecule has 124 valence electrons. The molecule has 0 N–H and O–H groups in total. The monoisotopic (exact) mass is 390 g/mol. The van der Waals surface area contributed by atoms with Gasteiger partial charge in [-0.1, -0.05) is 6.07 Å². The number of alkyl halides is 2. The Morgan fingerprint density at radius 1 is 1.22 bits per heavy atom. The van der Waals surface area contributed by atoms with E-state index in [2.05, 4.69) is 20.7 Å². The van der Waals surface area contributed by atoms with Crippen LogP contribution in [0.15, 0.2) is 28.7 Å². The van der Waals surface area contributed by atoms with Crippen molar-refractivity contribution in [2.45, 2.75) is 27.4 Å². The number of ether oxygens (including phenoxy) is 2. The molecule has 0 saturated heterocycles. The summed E-state index contributed by atoms with van der Waals surface area (Å²) in [5.74, 6) is -1.69. The molecule has 2 rings (SSSR count). The number of hydrogen-bond acceptors (Lipinski definition) is 3. The van der Waals surface area contributed by atoms with Crippen molar-refractivity contribution in [1.82, 2.24) is 0 Å². The van der Waals surface area contributed by atoms with Gasteiger partial charge in [-0.15, -0.1) is 0 Å². The first-order valence-corrected chi connectivity index (χ1v) is 7.47. The van der Waals surface area contributed by atoms with E-state index in [1.807, 2.05) is 0 Å². The molecule has 2 aromatic carbocycles. The highest BCUT2D eigenvalue weighted by atomic mass is 79.9. The van der Waals surface area contributed by atoms with Crippen molar-refractivity contribution in [3.8, 4) is 11.5 Å². The van der Waals surface area contributed by atoms with E-state index in [4.69, 9.17) is 4.74 Å². The summed E-state index contributed by atoms with van der Waals surface area (Å²) >= 11 is 3.18. The summed E-state index contributed by atoms with van der Waals surface area (Å²) in [7, 11) is 0. The number of hydrogen-bond donors (Lipinski definition) is 0. The molecular weight excluding hydrogens is 377 g/mol. The number of esters is 1. The van der Waals surface area contributed by atoms with E-state index in [0.717, 1.165) is 6.07 Å². The molecule has 0 heterocycles. The van der Waals surface area contributed by atoms with E-state index in [9.17, 15) is 18.0 Å². The second kappa shape index (κ2) is 6.39.